The number of cyclic esters (lactones) is 1. The van der Waals surface area contributed by atoms with Gasteiger partial charge < -0.3 is 10.1 Å². The summed E-state index contributed by atoms with van der Waals surface area (Å²) in [4.78, 5) is 11.3. The molecule has 1 atom stereocenters. The normalized spacial score (nSPS) is 22.1. The minimum Gasteiger partial charge on any atom is -0.449 e. The van der Waals surface area contributed by atoms with Gasteiger partial charge in [0.15, 0.2) is 0 Å². The second-order valence-corrected chi connectivity index (χ2v) is 5.79. The van der Waals surface area contributed by atoms with Crippen LogP contribution in [-0.2, 0) is 10.9 Å². The molecule has 1 saturated heterocycles. The first-order valence-corrected chi connectivity index (χ1v) is 6.29. The smallest absolute Gasteiger partial charge is 0.417 e. The van der Waals surface area contributed by atoms with Gasteiger partial charge >= 0.3 is 12.3 Å². The molecule has 0 aliphatic carbocycles. The van der Waals surface area contributed by atoms with Crippen LogP contribution in [0.15, 0.2) is 18.2 Å². The van der Waals surface area contributed by atoms with Crippen LogP contribution in [0.25, 0.3) is 0 Å². The molecule has 1 aromatic rings. The van der Waals surface area contributed by atoms with Gasteiger partial charge in [-0.15, -0.1) is 0 Å². The molecule has 1 fully saturated rings. The second-order valence-electron chi connectivity index (χ2n) is 5.38. The van der Waals surface area contributed by atoms with Crippen LogP contribution >= 0.6 is 11.6 Å². The third-order valence-corrected chi connectivity index (χ3v) is 3.58. The minimum atomic E-state index is -4.54. The topological polar surface area (TPSA) is 38.3 Å². The van der Waals surface area contributed by atoms with Crippen molar-refractivity contribution >= 4 is 17.7 Å². The molecule has 1 N–H and O–H groups in total. The van der Waals surface area contributed by atoms with Crippen molar-refractivity contribution < 1.29 is 22.7 Å². The molecule has 2 rings (SSSR count). The largest absolute Gasteiger partial charge is 0.449 e. The number of alkyl halides is 3. The van der Waals surface area contributed by atoms with E-state index in [-0.39, 0.29) is 11.6 Å². The van der Waals surface area contributed by atoms with Crippen molar-refractivity contribution in [3.05, 3.63) is 34.3 Å². The number of benzene rings is 1. The lowest BCUT2D eigenvalue weighted by Gasteiger charge is -2.38. The van der Waals surface area contributed by atoms with Crippen LogP contribution in [0, 0.1) is 5.41 Å². The zero-order valence-corrected chi connectivity index (χ0v) is 11.6. The van der Waals surface area contributed by atoms with Gasteiger partial charge in [-0.3, -0.25) is 0 Å². The molecule has 1 heterocycles. The molecule has 1 aromatic carbocycles. The maximum absolute atomic E-state index is 12.9. The zero-order valence-electron chi connectivity index (χ0n) is 10.8. The number of alkyl carbamates (subject to hydrolysis) is 1. The summed E-state index contributed by atoms with van der Waals surface area (Å²) < 4.78 is 43.5. The summed E-state index contributed by atoms with van der Waals surface area (Å²) in [6.45, 7) is 3.74. The van der Waals surface area contributed by atoms with Crippen molar-refractivity contribution in [2.45, 2.75) is 26.1 Å². The van der Waals surface area contributed by atoms with E-state index in [1.54, 1.807) is 13.8 Å². The van der Waals surface area contributed by atoms with E-state index in [0.29, 0.717) is 5.56 Å². The molecule has 0 bridgehead atoms. The molecule has 7 heteroatoms. The molecule has 0 spiro atoms. The number of hydrogen-bond acceptors (Lipinski definition) is 2. The predicted molar refractivity (Wildman–Crippen MR) is 67.5 cm³/mol. The highest BCUT2D eigenvalue weighted by Crippen LogP contribution is 2.40. The SMILES string of the molecule is CC1(C)COC(=O)N[C@@H]1c1ccc(Cl)c(C(F)(F)F)c1. The Hall–Kier alpha value is -1.43. The lowest BCUT2D eigenvalue weighted by molar-refractivity contribution is -0.137. The number of hydrogen-bond donors (Lipinski definition) is 1. The second kappa shape index (κ2) is 4.84. The number of carbonyl (C=O) groups excluding carboxylic acids is 1. The number of amides is 1. The lowest BCUT2D eigenvalue weighted by Crippen LogP contribution is -2.47. The first kappa shape index (κ1) is 15.0. The molecule has 3 nitrogen and oxygen atoms in total. The van der Waals surface area contributed by atoms with Crippen LogP contribution in [0.3, 0.4) is 0 Å². The van der Waals surface area contributed by atoms with Gasteiger partial charge in [0.25, 0.3) is 0 Å². The van der Waals surface area contributed by atoms with Crippen LogP contribution in [0.5, 0.6) is 0 Å². The Bertz CT molecular complexity index is 543. The molecular formula is C13H13ClF3NO2. The molecule has 0 saturated carbocycles. The Morgan fingerprint density at radius 2 is 2.05 bits per heavy atom. The van der Waals surface area contributed by atoms with E-state index < -0.39 is 29.3 Å². The third kappa shape index (κ3) is 2.85. The summed E-state index contributed by atoms with van der Waals surface area (Å²) in [7, 11) is 0. The minimum absolute atomic E-state index is 0.132. The number of carbonyl (C=O) groups is 1. The fraction of sp³-hybridized carbons (Fsp3) is 0.462. The van der Waals surface area contributed by atoms with Gasteiger partial charge in [-0.1, -0.05) is 31.5 Å². The standard InChI is InChI=1S/C13H13ClF3NO2/c1-12(2)6-20-11(19)18-10(12)7-3-4-9(14)8(5-7)13(15,16)17/h3-5,10H,6H2,1-2H3,(H,18,19)/t10-/m1/s1. The molecule has 0 radical (unpaired) electrons. The number of halogens is 4. The van der Waals surface area contributed by atoms with Crippen LogP contribution in [0.2, 0.25) is 5.02 Å². The van der Waals surface area contributed by atoms with Gasteiger partial charge in [0, 0.05) is 5.41 Å². The van der Waals surface area contributed by atoms with E-state index >= 15 is 0 Å². The van der Waals surface area contributed by atoms with Crippen LogP contribution < -0.4 is 5.32 Å². The van der Waals surface area contributed by atoms with Crippen molar-refractivity contribution in [3.8, 4) is 0 Å². The van der Waals surface area contributed by atoms with Crippen molar-refractivity contribution in [2.24, 2.45) is 5.41 Å². The highest BCUT2D eigenvalue weighted by atomic mass is 35.5. The Morgan fingerprint density at radius 1 is 1.40 bits per heavy atom. The monoisotopic (exact) mass is 307 g/mol. The summed E-state index contributed by atoms with van der Waals surface area (Å²) in [6.07, 6.45) is -5.18. The number of ether oxygens (including phenoxy) is 1. The van der Waals surface area contributed by atoms with Crippen molar-refractivity contribution in [1.82, 2.24) is 5.32 Å². The van der Waals surface area contributed by atoms with Gasteiger partial charge in [-0.05, 0) is 17.7 Å². The first-order chi connectivity index (χ1) is 9.11. The van der Waals surface area contributed by atoms with Crippen LogP contribution in [-0.4, -0.2) is 12.7 Å². The Morgan fingerprint density at radius 3 is 2.65 bits per heavy atom. The Balaban J connectivity index is 2.44. The molecule has 20 heavy (non-hydrogen) atoms. The molecule has 0 unspecified atom stereocenters. The zero-order chi connectivity index (χ0) is 15.1. The summed E-state index contributed by atoms with van der Waals surface area (Å²) in [5.74, 6) is 0. The number of nitrogens with one attached hydrogen (secondary N) is 1. The molecule has 110 valence electrons. The van der Waals surface area contributed by atoms with Crippen LogP contribution in [0.4, 0.5) is 18.0 Å². The summed E-state index contributed by atoms with van der Waals surface area (Å²) in [5, 5.41) is 2.19. The summed E-state index contributed by atoms with van der Waals surface area (Å²) in [6, 6.07) is 3.08. The third-order valence-electron chi connectivity index (χ3n) is 3.25. The summed E-state index contributed by atoms with van der Waals surface area (Å²) >= 11 is 5.59. The Kier molecular flexibility index (Phi) is 3.62. The fourth-order valence-electron chi connectivity index (χ4n) is 2.16. The van der Waals surface area contributed by atoms with E-state index in [2.05, 4.69) is 5.32 Å². The average Bonchev–Trinajstić information content (AvgIpc) is 2.32. The van der Waals surface area contributed by atoms with E-state index in [9.17, 15) is 18.0 Å². The lowest BCUT2D eigenvalue weighted by atomic mass is 9.80. The van der Waals surface area contributed by atoms with Crippen molar-refractivity contribution in [1.29, 1.82) is 0 Å². The van der Waals surface area contributed by atoms with E-state index in [4.69, 9.17) is 16.3 Å². The van der Waals surface area contributed by atoms with E-state index in [0.717, 1.165) is 6.07 Å². The predicted octanol–water partition coefficient (Wildman–Crippen LogP) is 4.17. The highest BCUT2D eigenvalue weighted by molar-refractivity contribution is 6.31. The van der Waals surface area contributed by atoms with Gasteiger partial charge in [0.1, 0.15) is 6.61 Å². The molecular weight excluding hydrogens is 295 g/mol. The molecule has 1 aliphatic heterocycles. The molecule has 1 aliphatic rings. The van der Waals surface area contributed by atoms with Gasteiger partial charge in [-0.25, -0.2) is 4.79 Å². The fourth-order valence-corrected chi connectivity index (χ4v) is 2.39. The first-order valence-electron chi connectivity index (χ1n) is 5.91. The van der Waals surface area contributed by atoms with E-state index in [1.165, 1.54) is 12.1 Å². The maximum atomic E-state index is 12.9. The maximum Gasteiger partial charge on any atom is 0.417 e. The van der Waals surface area contributed by atoms with Crippen molar-refractivity contribution in [2.75, 3.05) is 6.61 Å². The highest BCUT2D eigenvalue weighted by Gasteiger charge is 2.40. The van der Waals surface area contributed by atoms with Gasteiger partial charge in [0.05, 0.1) is 16.6 Å². The number of rotatable bonds is 1. The molecule has 1 amide bonds. The van der Waals surface area contributed by atoms with Crippen LogP contribution in [0.1, 0.15) is 31.0 Å². The Labute approximate surface area is 119 Å². The van der Waals surface area contributed by atoms with Gasteiger partial charge in [-0.2, -0.15) is 13.2 Å². The molecule has 0 aromatic heterocycles. The average molecular weight is 308 g/mol. The van der Waals surface area contributed by atoms with Gasteiger partial charge in [0.2, 0.25) is 0 Å². The van der Waals surface area contributed by atoms with E-state index in [1.807, 2.05) is 0 Å². The summed E-state index contributed by atoms with van der Waals surface area (Å²) in [5.41, 5.74) is -1.08. The quantitative estimate of drug-likeness (QED) is 0.846. The van der Waals surface area contributed by atoms with Crippen molar-refractivity contribution in [3.63, 3.8) is 0 Å².